The van der Waals surface area contributed by atoms with Gasteiger partial charge in [-0.2, -0.15) is 13.2 Å². The van der Waals surface area contributed by atoms with Gasteiger partial charge in [0.2, 0.25) is 0 Å². The van der Waals surface area contributed by atoms with Crippen molar-refractivity contribution in [3.05, 3.63) is 52.9 Å². The number of hydrogen-bond acceptors (Lipinski definition) is 8. The van der Waals surface area contributed by atoms with E-state index in [9.17, 15) is 17.7 Å². The minimum absolute atomic E-state index is 0. The van der Waals surface area contributed by atoms with Gasteiger partial charge < -0.3 is 34.3 Å². The van der Waals surface area contributed by atoms with Crippen LogP contribution >= 0.6 is 18.5 Å². The fourth-order valence-corrected chi connectivity index (χ4v) is 7.61. The first-order chi connectivity index (χ1) is 21.5. The Labute approximate surface area is 267 Å². The van der Waals surface area contributed by atoms with Crippen LogP contribution < -0.4 is 20.7 Å². The van der Waals surface area contributed by atoms with Crippen LogP contribution in [0, 0.1) is 23.8 Å². The Morgan fingerprint density at radius 1 is 1.11 bits per heavy atom. The van der Waals surface area contributed by atoms with Crippen molar-refractivity contribution in [3.63, 3.8) is 0 Å². The summed E-state index contributed by atoms with van der Waals surface area (Å²) in [5.41, 5.74) is 1.66. The second-order valence-corrected chi connectivity index (χ2v) is 16.1. The van der Waals surface area contributed by atoms with Crippen LogP contribution in [0.5, 0.6) is 5.75 Å². The summed E-state index contributed by atoms with van der Waals surface area (Å²) in [6, 6.07) is 12.0. The Balaban J connectivity index is 0.00000480. The van der Waals surface area contributed by atoms with Gasteiger partial charge in [0.25, 0.3) is 0 Å². The summed E-state index contributed by atoms with van der Waals surface area (Å²) >= 11 is 1.29. The van der Waals surface area contributed by atoms with Crippen LogP contribution in [0.4, 0.5) is 24.5 Å². The first-order valence-corrected chi connectivity index (χ1v) is 18.5. The van der Waals surface area contributed by atoms with Crippen molar-refractivity contribution < 1.29 is 31.9 Å². The topological polar surface area (TPSA) is 72.1 Å². The van der Waals surface area contributed by atoms with Gasteiger partial charge in [-0.3, -0.25) is 0 Å². The Bertz CT molecular complexity index is 1590. The van der Waals surface area contributed by atoms with Gasteiger partial charge in [0, 0.05) is 29.4 Å². The van der Waals surface area contributed by atoms with Crippen molar-refractivity contribution in [3.8, 4) is 17.6 Å². The van der Waals surface area contributed by atoms with Crippen molar-refractivity contribution in [2.75, 3.05) is 83.7 Å². The van der Waals surface area contributed by atoms with E-state index in [0.29, 0.717) is 60.0 Å². The Morgan fingerprint density at radius 3 is 2.63 bits per heavy atom. The number of nitrogens with one attached hydrogen (secondary N) is 2. The summed E-state index contributed by atoms with van der Waals surface area (Å²) in [7, 11) is -0.500. The number of hydrogen-bond donors (Lipinski definition) is 2. The molecule has 0 aliphatic carbocycles. The molecule has 2 aliphatic heterocycles. The van der Waals surface area contributed by atoms with E-state index in [1.54, 1.807) is 43.7 Å². The smallest absolute Gasteiger partial charge is 0.393 e. The maximum atomic E-state index is 13.8. The molecule has 2 aliphatic rings. The maximum Gasteiger partial charge on any atom is 0.393 e. The third-order valence-corrected chi connectivity index (χ3v) is 10.6. The monoisotopic (exact) mass is 924 g/mol. The van der Waals surface area contributed by atoms with Crippen molar-refractivity contribution in [1.82, 2.24) is 4.90 Å². The SMILES string of the molecule is CN1CC[C-]2Nc3cccc4c(CC(F)(F)F)c(sc34)C#CCNc3cc(cc(P(C)(C)=O)c3)OCCOCCOCC[C@@H]2C1.[Lr]. The molecular weight excluding hydrogens is 884 g/mol. The van der Waals surface area contributed by atoms with Crippen LogP contribution in [0.2, 0.25) is 0 Å². The summed E-state index contributed by atoms with van der Waals surface area (Å²) < 4.78 is 72.5. The number of ether oxygens (including phenoxy) is 3. The summed E-state index contributed by atoms with van der Waals surface area (Å²) in [5, 5.41) is 8.05. The number of alkyl halides is 3. The largest absolute Gasteiger partial charge is 0.531 e. The summed E-state index contributed by atoms with van der Waals surface area (Å²) in [6.45, 7) is 7.49. The number of likely N-dealkylation sites (tertiary alicyclic amines) is 1. The second-order valence-electron chi connectivity index (χ2n) is 11.8. The molecule has 0 spiro atoms. The summed E-state index contributed by atoms with van der Waals surface area (Å²) in [6.07, 6.45) is -3.77. The van der Waals surface area contributed by atoms with E-state index in [1.807, 2.05) is 6.07 Å². The molecule has 5 rings (SSSR count). The number of thiophene rings is 1. The fraction of sp³-hybridized carbons (Fsp3) is 0.485. The Hall–Kier alpha value is -3.74. The number of benzene rings is 2. The molecular formula is C33H40F3LrN3O4PS-. The minimum Gasteiger partial charge on any atom is -0.531 e. The molecule has 1 saturated heterocycles. The number of nitrogens with zero attached hydrogens (tertiary/aromatic N) is 1. The van der Waals surface area contributed by atoms with E-state index in [4.69, 9.17) is 14.2 Å². The molecule has 46 heavy (non-hydrogen) atoms. The minimum atomic E-state index is -4.38. The molecule has 2 aromatic carbocycles. The van der Waals surface area contributed by atoms with E-state index >= 15 is 0 Å². The number of piperidine rings is 1. The van der Waals surface area contributed by atoms with Crippen LogP contribution in [0.25, 0.3) is 10.1 Å². The first-order valence-electron chi connectivity index (χ1n) is 15.1. The van der Waals surface area contributed by atoms with Crippen LogP contribution in [0.1, 0.15) is 23.3 Å². The number of fused-ring (bicyclic) bond motifs is 4. The van der Waals surface area contributed by atoms with Crippen LogP contribution in [-0.4, -0.2) is 84.1 Å². The Kier molecular flexibility index (Phi) is 11.6. The maximum absolute atomic E-state index is 13.8. The van der Waals surface area contributed by atoms with E-state index < -0.39 is 19.7 Å². The Morgan fingerprint density at radius 2 is 1.87 bits per heavy atom. The van der Waals surface area contributed by atoms with Crippen LogP contribution in [-0.2, 0) is 20.5 Å². The first kappa shape index (κ1) is 35.1. The number of rotatable bonds is 2. The fourth-order valence-electron chi connectivity index (χ4n) is 5.56. The van der Waals surface area contributed by atoms with Crippen LogP contribution in [0.15, 0.2) is 36.4 Å². The molecule has 13 heteroatoms. The average molecular weight is 925 g/mol. The molecule has 0 unspecified atom stereocenters. The van der Waals surface area contributed by atoms with E-state index in [1.165, 1.54) is 17.4 Å². The van der Waals surface area contributed by atoms with Gasteiger partial charge in [-0.05, 0) is 62.6 Å². The van der Waals surface area contributed by atoms with Gasteiger partial charge in [0.05, 0.1) is 42.4 Å². The molecule has 1 aromatic heterocycles. The van der Waals surface area contributed by atoms with Crippen molar-refractivity contribution in [2.24, 2.45) is 5.92 Å². The zero-order chi connectivity index (χ0) is 32.0. The summed E-state index contributed by atoms with van der Waals surface area (Å²) in [4.78, 5) is 2.69. The molecule has 1 atom stereocenters. The normalized spacial score (nSPS) is 19.5. The molecule has 1 radical (unpaired) electrons. The van der Waals surface area contributed by atoms with Crippen LogP contribution in [0.3, 0.4) is 0 Å². The van der Waals surface area contributed by atoms with Crippen molar-refractivity contribution in [2.45, 2.75) is 25.4 Å². The predicted octanol–water partition coefficient (Wildman–Crippen LogP) is 6.43. The van der Waals surface area contributed by atoms with Gasteiger partial charge in [0.1, 0.15) is 19.5 Å². The van der Waals surface area contributed by atoms with Gasteiger partial charge in [-0.25, -0.2) is 6.04 Å². The zero-order valence-corrected chi connectivity index (χ0v) is 30.0. The standard InChI is InChI=1S/C33H40F3N3O4PS.Lr/c1-39-12-9-29-23(22-39)10-13-41-14-15-42-16-17-43-25-18-24(19-26(20-25)44(2,3)40)37-11-5-8-31-28(21-33(34,35)36)27-6-4-7-30(38-29)32(27)45-31;/h4,6-7,18-20,23,37-38H,9-17,21-22H2,1-3H3;/q-1;/t23-;/m1./s1. The number of anilines is 2. The number of halogens is 3. The molecule has 3 aromatic rings. The third kappa shape index (κ3) is 9.40. The quantitative estimate of drug-likeness (QED) is 0.175. The predicted molar refractivity (Wildman–Crippen MR) is 177 cm³/mol. The molecule has 3 heterocycles. The molecule has 4 bridgehead atoms. The van der Waals surface area contributed by atoms with E-state index in [0.717, 1.165) is 36.3 Å². The van der Waals surface area contributed by atoms with Gasteiger partial charge in [-0.1, -0.05) is 30.4 Å². The van der Waals surface area contributed by atoms with Crippen molar-refractivity contribution in [1.29, 1.82) is 0 Å². The molecule has 0 amide bonds. The zero-order valence-electron chi connectivity index (χ0n) is 26.1. The molecule has 2 N–H and O–H groups in total. The van der Waals surface area contributed by atoms with Gasteiger partial charge >= 0.3 is 6.18 Å². The van der Waals surface area contributed by atoms with Gasteiger partial charge in [-0.15, -0.1) is 23.7 Å². The third-order valence-electron chi connectivity index (χ3n) is 7.85. The summed E-state index contributed by atoms with van der Waals surface area (Å²) in [5.74, 6) is 6.82. The van der Waals surface area contributed by atoms with E-state index in [-0.39, 0.29) is 18.0 Å². The van der Waals surface area contributed by atoms with Crippen molar-refractivity contribution >= 4 is 45.2 Å². The average Bonchev–Trinajstić information content (AvgIpc) is 3.31. The van der Waals surface area contributed by atoms with Gasteiger partial charge in [0.15, 0.2) is 0 Å². The second kappa shape index (κ2) is 15.2. The van der Waals surface area contributed by atoms with E-state index in [2.05, 4.69) is 34.4 Å². The molecule has 259 valence electrons. The molecule has 0 saturated carbocycles. The molecule has 7 nitrogen and oxygen atoms in total. The molecule has 1 fully saturated rings.